The highest BCUT2D eigenvalue weighted by molar-refractivity contribution is 8.04. The van der Waals surface area contributed by atoms with Crippen LogP contribution in [0.2, 0.25) is 0 Å². The van der Waals surface area contributed by atoms with Crippen LogP contribution in [0.3, 0.4) is 0 Å². The normalized spacial score (nSPS) is 19.9. The molecule has 0 atom stereocenters. The molecule has 0 amide bonds. The molecule has 1 spiro atoms. The molecule has 0 bridgehead atoms. The molecule has 9 nitrogen and oxygen atoms in total. The smallest absolute Gasteiger partial charge is 0.258 e. The third kappa shape index (κ3) is 4.51. The highest BCUT2D eigenvalue weighted by atomic mass is 32.2. The molecule has 4 heterocycles. The lowest BCUT2D eigenvalue weighted by Crippen LogP contribution is -2.60. The molecule has 3 aliphatic heterocycles. The molecule has 5 rings (SSSR count). The van der Waals surface area contributed by atoms with Crippen molar-refractivity contribution < 1.29 is 22.3 Å². The van der Waals surface area contributed by atoms with Crippen molar-refractivity contribution in [3.63, 3.8) is 0 Å². The number of pyridine rings is 1. The van der Waals surface area contributed by atoms with Crippen molar-refractivity contribution in [1.29, 1.82) is 0 Å². The maximum absolute atomic E-state index is 14.6. The zero-order chi connectivity index (χ0) is 25.7. The van der Waals surface area contributed by atoms with Crippen molar-refractivity contribution in [2.75, 3.05) is 40.3 Å². The van der Waals surface area contributed by atoms with Gasteiger partial charge < -0.3 is 14.4 Å². The van der Waals surface area contributed by atoms with Crippen LogP contribution in [0.1, 0.15) is 38.2 Å². The van der Waals surface area contributed by atoms with Gasteiger partial charge in [0.2, 0.25) is 11.8 Å². The van der Waals surface area contributed by atoms with Gasteiger partial charge >= 0.3 is 0 Å². The average molecular weight is 516 g/mol. The Hall–Kier alpha value is -2.89. The van der Waals surface area contributed by atoms with Gasteiger partial charge in [0.15, 0.2) is 5.04 Å². The molecule has 1 aromatic heterocycles. The van der Waals surface area contributed by atoms with E-state index in [2.05, 4.69) is 27.1 Å². The number of methoxy groups -OCH3 is 1. The second kappa shape index (κ2) is 9.20. The first-order valence-corrected chi connectivity index (χ1v) is 13.4. The molecule has 2 saturated heterocycles. The van der Waals surface area contributed by atoms with E-state index in [0.717, 1.165) is 19.5 Å². The number of benzene rings is 1. The van der Waals surface area contributed by atoms with Crippen LogP contribution in [-0.4, -0.2) is 73.9 Å². The molecule has 0 N–H and O–H groups in total. The van der Waals surface area contributed by atoms with E-state index < -0.39 is 15.8 Å². The Morgan fingerprint density at radius 1 is 1.14 bits per heavy atom. The van der Waals surface area contributed by atoms with Crippen molar-refractivity contribution in [3.8, 4) is 22.8 Å². The van der Waals surface area contributed by atoms with Crippen molar-refractivity contribution in [1.82, 2.24) is 14.2 Å². The number of aromatic nitrogens is 1. The third-order valence-electron chi connectivity index (χ3n) is 7.05. The van der Waals surface area contributed by atoms with E-state index >= 15 is 0 Å². The molecule has 0 radical (unpaired) electrons. The Bertz CT molecular complexity index is 1350. The van der Waals surface area contributed by atoms with E-state index in [1.165, 1.54) is 23.5 Å². The fourth-order valence-corrected chi connectivity index (χ4v) is 6.76. The first-order chi connectivity index (χ1) is 17.1. The first-order valence-electron chi connectivity index (χ1n) is 11.9. The summed E-state index contributed by atoms with van der Waals surface area (Å²) in [6.45, 7) is 6.75. The van der Waals surface area contributed by atoms with E-state index in [-0.39, 0.29) is 28.7 Å². The SMILES string of the molecule is COc1cc(-c2cc(F)cc(C(C)C)c2OC2=NN=C(S(=O)(=O)N3CC4(CCN(C)C4)C3)C2)ccn1. The monoisotopic (exact) mass is 515 g/mol. The van der Waals surface area contributed by atoms with Crippen LogP contribution >= 0.6 is 0 Å². The van der Waals surface area contributed by atoms with Gasteiger partial charge in [0.1, 0.15) is 11.6 Å². The number of rotatable bonds is 5. The van der Waals surface area contributed by atoms with Crippen LogP contribution in [-0.2, 0) is 10.0 Å². The van der Waals surface area contributed by atoms with Crippen LogP contribution in [0.25, 0.3) is 11.1 Å². The minimum absolute atomic E-state index is 0.0287. The second-order valence-electron chi connectivity index (χ2n) is 10.1. The van der Waals surface area contributed by atoms with Gasteiger partial charge in [-0.2, -0.15) is 4.31 Å². The summed E-state index contributed by atoms with van der Waals surface area (Å²) < 4.78 is 53.9. The number of halogens is 1. The van der Waals surface area contributed by atoms with Crippen LogP contribution in [0.4, 0.5) is 4.39 Å². The van der Waals surface area contributed by atoms with E-state index in [1.54, 1.807) is 18.3 Å². The molecular weight excluding hydrogens is 485 g/mol. The lowest BCUT2D eigenvalue weighted by atomic mass is 9.81. The summed E-state index contributed by atoms with van der Waals surface area (Å²) in [6, 6.07) is 6.22. The number of ether oxygens (including phenoxy) is 2. The highest BCUT2D eigenvalue weighted by Crippen LogP contribution is 2.42. The predicted octanol–water partition coefficient (Wildman–Crippen LogP) is 3.48. The summed E-state index contributed by atoms with van der Waals surface area (Å²) in [6.07, 6.45) is 2.51. The number of hydrogen-bond acceptors (Lipinski definition) is 8. The summed E-state index contributed by atoms with van der Waals surface area (Å²) in [5, 5.41) is 8.00. The molecule has 0 unspecified atom stereocenters. The molecule has 2 aromatic rings. The second-order valence-corrected chi connectivity index (χ2v) is 12.1. The van der Waals surface area contributed by atoms with Gasteiger partial charge in [-0.15, -0.1) is 10.2 Å². The van der Waals surface area contributed by atoms with Gasteiger partial charge in [-0.3, -0.25) is 0 Å². The number of likely N-dealkylation sites (tertiary alicyclic amines) is 1. The zero-order valence-electron chi connectivity index (χ0n) is 20.9. The van der Waals surface area contributed by atoms with E-state index in [9.17, 15) is 12.8 Å². The lowest BCUT2D eigenvalue weighted by Gasteiger charge is -2.46. The Kier molecular flexibility index (Phi) is 6.34. The minimum atomic E-state index is -3.73. The first kappa shape index (κ1) is 24.8. The Morgan fingerprint density at radius 3 is 2.58 bits per heavy atom. The summed E-state index contributed by atoms with van der Waals surface area (Å²) in [5.41, 5.74) is 1.82. The standard InChI is InChI=1S/C25H30FN5O4S/c1-16(2)19-10-18(26)11-20(17-5-7-27-21(9-17)34-4)24(19)35-22-12-23(29-28-22)36(32,33)31-14-25(15-31)6-8-30(3)13-25/h5,7,9-11,16H,6,8,12-15H2,1-4H3. The minimum Gasteiger partial charge on any atom is -0.481 e. The van der Waals surface area contributed by atoms with E-state index in [0.29, 0.717) is 41.4 Å². The van der Waals surface area contributed by atoms with Crippen LogP contribution in [0.5, 0.6) is 11.6 Å². The summed E-state index contributed by atoms with van der Waals surface area (Å²) in [4.78, 5) is 6.35. The predicted molar refractivity (Wildman–Crippen MR) is 135 cm³/mol. The Balaban J connectivity index is 1.37. The molecular formula is C25H30FN5O4S. The van der Waals surface area contributed by atoms with E-state index in [4.69, 9.17) is 9.47 Å². The Morgan fingerprint density at radius 2 is 1.92 bits per heavy atom. The molecule has 2 fully saturated rings. The number of nitrogens with zero attached hydrogens (tertiary/aromatic N) is 5. The Labute approximate surface area is 210 Å². The van der Waals surface area contributed by atoms with Crippen LogP contribution < -0.4 is 9.47 Å². The fourth-order valence-electron chi connectivity index (χ4n) is 5.13. The maximum atomic E-state index is 14.6. The maximum Gasteiger partial charge on any atom is 0.258 e. The molecule has 3 aliphatic rings. The molecule has 192 valence electrons. The van der Waals surface area contributed by atoms with E-state index in [1.807, 2.05) is 13.8 Å². The van der Waals surface area contributed by atoms with Gasteiger partial charge in [0.25, 0.3) is 10.0 Å². The molecule has 0 saturated carbocycles. The third-order valence-corrected chi connectivity index (χ3v) is 8.80. The quantitative estimate of drug-likeness (QED) is 0.605. The van der Waals surface area contributed by atoms with Gasteiger partial charge in [0.05, 0.1) is 13.5 Å². The summed E-state index contributed by atoms with van der Waals surface area (Å²) >= 11 is 0. The van der Waals surface area contributed by atoms with Gasteiger partial charge in [-0.25, -0.2) is 17.8 Å². The van der Waals surface area contributed by atoms with Crippen LogP contribution in [0, 0.1) is 11.2 Å². The number of hydrogen-bond donors (Lipinski definition) is 0. The van der Waals surface area contributed by atoms with Crippen molar-refractivity contribution >= 4 is 21.0 Å². The fraction of sp³-hybridized carbons (Fsp3) is 0.480. The van der Waals surface area contributed by atoms with Crippen LogP contribution in [0.15, 0.2) is 40.7 Å². The zero-order valence-corrected chi connectivity index (χ0v) is 21.7. The highest BCUT2D eigenvalue weighted by Gasteiger charge is 2.52. The molecule has 1 aromatic carbocycles. The lowest BCUT2D eigenvalue weighted by molar-refractivity contribution is 0.0830. The van der Waals surface area contributed by atoms with Gasteiger partial charge in [0, 0.05) is 48.4 Å². The summed E-state index contributed by atoms with van der Waals surface area (Å²) in [5.74, 6) is 0.467. The largest absolute Gasteiger partial charge is 0.481 e. The number of sulfonamides is 1. The molecule has 0 aliphatic carbocycles. The van der Waals surface area contributed by atoms with Gasteiger partial charge in [-0.1, -0.05) is 13.8 Å². The molecule has 11 heteroatoms. The topological polar surface area (TPSA) is 96.7 Å². The molecule has 36 heavy (non-hydrogen) atoms. The van der Waals surface area contributed by atoms with Crippen molar-refractivity contribution in [2.45, 2.75) is 32.6 Å². The van der Waals surface area contributed by atoms with Crippen molar-refractivity contribution in [3.05, 3.63) is 41.8 Å². The summed E-state index contributed by atoms with van der Waals surface area (Å²) in [7, 11) is -0.164. The van der Waals surface area contributed by atoms with Gasteiger partial charge in [-0.05, 0) is 49.7 Å². The average Bonchev–Trinajstić information content (AvgIpc) is 3.46. The van der Waals surface area contributed by atoms with Crippen molar-refractivity contribution in [2.24, 2.45) is 15.6 Å².